The van der Waals surface area contributed by atoms with Gasteiger partial charge in [0.1, 0.15) is 5.82 Å². The minimum Gasteiger partial charge on any atom is -0.346 e. The topological polar surface area (TPSA) is 28.7 Å². The summed E-state index contributed by atoms with van der Waals surface area (Å²) in [6.07, 6.45) is 4.68. The average molecular weight is 220 g/mol. The Labute approximate surface area is 98.9 Å². The third kappa shape index (κ3) is 2.31. The smallest absolute Gasteiger partial charge is 0.106 e. The van der Waals surface area contributed by atoms with Crippen molar-refractivity contribution in [1.29, 1.82) is 0 Å². The number of hydrogen-bond donors (Lipinski definition) is 1. The normalized spacial score (nSPS) is 26.5. The van der Waals surface area contributed by atoms with E-state index in [4.69, 9.17) is 4.98 Å². The van der Waals surface area contributed by atoms with E-state index < -0.39 is 0 Å². The van der Waals surface area contributed by atoms with Crippen molar-refractivity contribution in [2.45, 2.75) is 53.4 Å². The van der Waals surface area contributed by atoms with Gasteiger partial charge >= 0.3 is 0 Å². The predicted molar refractivity (Wildman–Crippen MR) is 67.5 cm³/mol. The molecule has 0 bridgehead atoms. The first kappa shape index (κ1) is 11.7. The van der Waals surface area contributed by atoms with Gasteiger partial charge < -0.3 is 4.98 Å². The van der Waals surface area contributed by atoms with Crippen LogP contribution in [0, 0.1) is 17.8 Å². The third-order valence-corrected chi connectivity index (χ3v) is 4.17. The van der Waals surface area contributed by atoms with Crippen LogP contribution in [-0.4, -0.2) is 9.97 Å². The molecule has 3 unspecified atom stereocenters. The van der Waals surface area contributed by atoms with Crippen LogP contribution in [0.4, 0.5) is 0 Å². The number of imidazole rings is 1. The van der Waals surface area contributed by atoms with E-state index in [0.29, 0.717) is 0 Å². The number of aromatic amines is 1. The van der Waals surface area contributed by atoms with Gasteiger partial charge in [-0.1, -0.05) is 34.1 Å². The molecule has 0 amide bonds. The van der Waals surface area contributed by atoms with E-state index in [1.165, 1.54) is 30.1 Å². The molecule has 0 spiro atoms. The van der Waals surface area contributed by atoms with Crippen molar-refractivity contribution in [2.75, 3.05) is 0 Å². The first-order chi connectivity index (χ1) is 7.60. The van der Waals surface area contributed by atoms with Crippen LogP contribution >= 0.6 is 0 Å². The highest BCUT2D eigenvalue weighted by molar-refractivity contribution is 5.19. The molecular weight excluding hydrogens is 196 g/mol. The van der Waals surface area contributed by atoms with E-state index in [-0.39, 0.29) is 0 Å². The molecule has 0 fully saturated rings. The van der Waals surface area contributed by atoms with Crippen LogP contribution in [0.2, 0.25) is 0 Å². The molecule has 0 saturated heterocycles. The second-order valence-corrected chi connectivity index (χ2v) is 5.69. The van der Waals surface area contributed by atoms with Gasteiger partial charge in [0.2, 0.25) is 0 Å². The molecule has 1 aromatic heterocycles. The Balaban J connectivity index is 2.12. The fraction of sp³-hybridized carbons (Fsp3) is 0.786. The molecule has 2 nitrogen and oxygen atoms in total. The fourth-order valence-corrected chi connectivity index (χ4v) is 2.44. The summed E-state index contributed by atoms with van der Waals surface area (Å²) in [7, 11) is 0. The molecule has 0 radical (unpaired) electrons. The minimum atomic E-state index is 0.738. The average Bonchev–Trinajstić information content (AvgIpc) is 2.60. The molecule has 1 aliphatic carbocycles. The van der Waals surface area contributed by atoms with Crippen molar-refractivity contribution >= 4 is 0 Å². The lowest BCUT2D eigenvalue weighted by atomic mass is 9.82. The van der Waals surface area contributed by atoms with Gasteiger partial charge in [-0.05, 0) is 30.6 Å². The second kappa shape index (κ2) is 4.60. The van der Waals surface area contributed by atoms with Gasteiger partial charge in [-0.25, -0.2) is 4.98 Å². The standard InChI is InChI=1S/C14H24N2/c1-5-9(2)6-14-15-12-7-10(3)11(4)8-13(12)16-14/h9-11H,5-8H2,1-4H3,(H,15,16). The zero-order valence-electron chi connectivity index (χ0n) is 11.0. The van der Waals surface area contributed by atoms with Gasteiger partial charge in [0, 0.05) is 12.1 Å². The lowest BCUT2D eigenvalue weighted by Gasteiger charge is -2.24. The van der Waals surface area contributed by atoms with Crippen LogP contribution in [-0.2, 0) is 19.3 Å². The molecule has 1 aromatic rings. The van der Waals surface area contributed by atoms with Gasteiger partial charge in [0.25, 0.3) is 0 Å². The van der Waals surface area contributed by atoms with E-state index in [9.17, 15) is 0 Å². The molecule has 1 N–H and O–H groups in total. The Bertz CT molecular complexity index is 326. The van der Waals surface area contributed by atoms with Gasteiger partial charge in [-0.15, -0.1) is 0 Å². The molecule has 90 valence electrons. The summed E-state index contributed by atoms with van der Waals surface area (Å²) in [5, 5.41) is 0. The Morgan fingerprint density at radius 1 is 1.31 bits per heavy atom. The zero-order valence-corrected chi connectivity index (χ0v) is 11.0. The quantitative estimate of drug-likeness (QED) is 0.831. The maximum absolute atomic E-state index is 4.77. The van der Waals surface area contributed by atoms with Crippen LogP contribution in [0.15, 0.2) is 0 Å². The largest absolute Gasteiger partial charge is 0.346 e. The molecule has 3 atom stereocenters. The number of nitrogens with zero attached hydrogens (tertiary/aromatic N) is 1. The number of fused-ring (bicyclic) bond motifs is 1. The molecule has 2 rings (SSSR count). The summed E-state index contributed by atoms with van der Waals surface area (Å²) in [6, 6.07) is 0. The number of nitrogens with one attached hydrogen (secondary N) is 1. The van der Waals surface area contributed by atoms with Crippen LogP contribution in [0.25, 0.3) is 0 Å². The third-order valence-electron chi connectivity index (χ3n) is 4.17. The summed E-state index contributed by atoms with van der Waals surface area (Å²) in [5.74, 6) is 3.53. The van der Waals surface area contributed by atoms with Crippen molar-refractivity contribution in [3.8, 4) is 0 Å². The van der Waals surface area contributed by atoms with Crippen molar-refractivity contribution < 1.29 is 0 Å². The maximum Gasteiger partial charge on any atom is 0.106 e. The summed E-state index contributed by atoms with van der Waals surface area (Å²) in [6.45, 7) is 9.24. The first-order valence-electron chi connectivity index (χ1n) is 6.66. The van der Waals surface area contributed by atoms with Gasteiger partial charge in [0.15, 0.2) is 0 Å². The molecule has 0 saturated carbocycles. The highest BCUT2D eigenvalue weighted by atomic mass is 14.9. The van der Waals surface area contributed by atoms with E-state index in [1.807, 2.05) is 0 Å². The van der Waals surface area contributed by atoms with Crippen molar-refractivity contribution in [2.24, 2.45) is 17.8 Å². The minimum absolute atomic E-state index is 0.738. The number of H-pyrrole nitrogens is 1. The van der Waals surface area contributed by atoms with Crippen LogP contribution in [0.5, 0.6) is 0 Å². The van der Waals surface area contributed by atoms with Crippen molar-refractivity contribution in [3.05, 3.63) is 17.2 Å². The molecule has 16 heavy (non-hydrogen) atoms. The molecule has 2 heteroatoms. The van der Waals surface area contributed by atoms with Crippen LogP contribution in [0.3, 0.4) is 0 Å². The number of hydrogen-bond acceptors (Lipinski definition) is 1. The molecular formula is C14H24N2. The molecule has 1 heterocycles. The lowest BCUT2D eigenvalue weighted by molar-refractivity contribution is 0.355. The monoisotopic (exact) mass is 220 g/mol. The predicted octanol–water partition coefficient (Wildman–Crippen LogP) is 3.37. The second-order valence-electron chi connectivity index (χ2n) is 5.69. The fourth-order valence-electron chi connectivity index (χ4n) is 2.44. The summed E-state index contributed by atoms with van der Waals surface area (Å²) >= 11 is 0. The lowest BCUT2D eigenvalue weighted by Crippen LogP contribution is -2.20. The summed E-state index contributed by atoms with van der Waals surface area (Å²) in [5.41, 5.74) is 2.74. The maximum atomic E-state index is 4.77. The molecule has 0 aliphatic heterocycles. The SMILES string of the molecule is CCC(C)Cc1nc2c([nH]1)CC(C)C(C)C2. The molecule has 0 aromatic carbocycles. The van der Waals surface area contributed by atoms with Gasteiger partial charge in [-0.2, -0.15) is 0 Å². The number of rotatable bonds is 3. The highest BCUT2D eigenvalue weighted by Crippen LogP contribution is 2.28. The van der Waals surface area contributed by atoms with E-state index in [2.05, 4.69) is 32.7 Å². The Hall–Kier alpha value is -0.790. The summed E-state index contributed by atoms with van der Waals surface area (Å²) < 4.78 is 0. The van der Waals surface area contributed by atoms with Gasteiger partial charge in [0.05, 0.1) is 5.69 Å². The Kier molecular flexibility index (Phi) is 3.36. The Morgan fingerprint density at radius 2 is 2.00 bits per heavy atom. The van der Waals surface area contributed by atoms with Gasteiger partial charge in [-0.3, -0.25) is 0 Å². The van der Waals surface area contributed by atoms with Crippen molar-refractivity contribution in [1.82, 2.24) is 9.97 Å². The molecule has 1 aliphatic rings. The Morgan fingerprint density at radius 3 is 2.69 bits per heavy atom. The van der Waals surface area contributed by atoms with Crippen LogP contribution < -0.4 is 0 Å². The summed E-state index contributed by atoms with van der Waals surface area (Å²) in [4.78, 5) is 8.31. The first-order valence-corrected chi connectivity index (χ1v) is 6.66. The number of aromatic nitrogens is 2. The highest BCUT2D eigenvalue weighted by Gasteiger charge is 2.25. The zero-order chi connectivity index (χ0) is 11.7. The van der Waals surface area contributed by atoms with Crippen LogP contribution in [0.1, 0.15) is 51.3 Å². The van der Waals surface area contributed by atoms with Crippen molar-refractivity contribution in [3.63, 3.8) is 0 Å². The van der Waals surface area contributed by atoms with E-state index in [0.717, 1.165) is 30.6 Å². The van der Waals surface area contributed by atoms with E-state index in [1.54, 1.807) is 0 Å². The van der Waals surface area contributed by atoms with E-state index >= 15 is 0 Å².